The van der Waals surface area contributed by atoms with Gasteiger partial charge in [0.1, 0.15) is 5.82 Å². The van der Waals surface area contributed by atoms with E-state index in [9.17, 15) is 4.39 Å². The molecule has 4 nitrogen and oxygen atoms in total. The zero-order valence-corrected chi connectivity index (χ0v) is 11.1. The van der Waals surface area contributed by atoms with Gasteiger partial charge in [0.05, 0.1) is 17.3 Å². The Morgan fingerprint density at radius 3 is 2.70 bits per heavy atom. The predicted octanol–water partition coefficient (Wildman–Crippen LogP) is 2.71. The van der Waals surface area contributed by atoms with E-state index in [1.807, 2.05) is 0 Å². The van der Waals surface area contributed by atoms with E-state index in [0.717, 1.165) is 5.69 Å². The van der Waals surface area contributed by atoms with Crippen LogP contribution >= 0.6 is 11.6 Å². The molecule has 0 saturated carbocycles. The minimum absolute atomic E-state index is 0.153. The van der Waals surface area contributed by atoms with E-state index in [-0.39, 0.29) is 11.9 Å². The van der Waals surface area contributed by atoms with E-state index >= 15 is 0 Å². The van der Waals surface area contributed by atoms with Crippen LogP contribution in [0.3, 0.4) is 0 Å². The van der Waals surface area contributed by atoms with Crippen molar-refractivity contribution in [1.82, 2.24) is 10.2 Å². The van der Waals surface area contributed by atoms with E-state index in [1.165, 1.54) is 6.07 Å². The van der Waals surface area contributed by atoms with E-state index < -0.39 is 0 Å². The van der Waals surface area contributed by atoms with Crippen molar-refractivity contribution in [3.05, 3.63) is 58.6 Å². The van der Waals surface area contributed by atoms with Gasteiger partial charge >= 0.3 is 0 Å². The number of benzene rings is 1. The molecule has 1 unspecified atom stereocenters. The van der Waals surface area contributed by atoms with E-state index in [2.05, 4.69) is 20.2 Å². The fourth-order valence-electron chi connectivity index (χ4n) is 1.93. The average Bonchev–Trinajstić information content (AvgIpc) is 2.90. The maximum absolute atomic E-state index is 13.6. The number of hydrogen-bond acceptors (Lipinski definition) is 4. The Labute approximate surface area is 120 Å². The van der Waals surface area contributed by atoms with E-state index in [1.54, 1.807) is 36.5 Å². The van der Waals surface area contributed by atoms with Crippen LogP contribution in [0.5, 0.6) is 0 Å². The fourth-order valence-corrected chi connectivity index (χ4v) is 2.03. The van der Waals surface area contributed by atoms with Crippen molar-refractivity contribution in [2.75, 3.05) is 0 Å². The molecule has 0 fully saturated rings. The Morgan fingerprint density at radius 2 is 1.95 bits per heavy atom. The quantitative estimate of drug-likeness (QED) is 0.872. The van der Waals surface area contributed by atoms with Crippen LogP contribution in [0.25, 0.3) is 0 Å². The monoisotopic (exact) mass is 288 g/mol. The molecule has 1 aromatic carbocycles. The molecule has 0 saturated heterocycles. The van der Waals surface area contributed by atoms with Gasteiger partial charge in [-0.15, -0.1) is 5.10 Å². The van der Waals surface area contributed by atoms with Gasteiger partial charge in [0, 0.05) is 12.6 Å². The van der Waals surface area contributed by atoms with Crippen molar-refractivity contribution in [2.24, 2.45) is 9.98 Å². The van der Waals surface area contributed by atoms with Gasteiger partial charge in [-0.2, -0.15) is 5.10 Å². The third-order valence-electron chi connectivity index (χ3n) is 2.88. The summed E-state index contributed by atoms with van der Waals surface area (Å²) in [6, 6.07) is 9.77. The lowest BCUT2D eigenvalue weighted by Crippen LogP contribution is -2.09. The zero-order valence-electron chi connectivity index (χ0n) is 10.4. The van der Waals surface area contributed by atoms with Gasteiger partial charge in [-0.05, 0) is 24.3 Å². The third kappa shape index (κ3) is 2.72. The summed E-state index contributed by atoms with van der Waals surface area (Å²) < 4.78 is 13.6. The molecule has 1 aliphatic heterocycles. The number of halogens is 2. The van der Waals surface area contributed by atoms with Crippen LogP contribution in [0.1, 0.15) is 11.3 Å². The molecule has 100 valence electrons. The van der Waals surface area contributed by atoms with Gasteiger partial charge in [0.15, 0.2) is 11.0 Å². The summed E-state index contributed by atoms with van der Waals surface area (Å²) in [5.41, 5.74) is 1.18. The van der Waals surface area contributed by atoms with Gasteiger partial charge in [-0.25, -0.2) is 9.38 Å². The van der Waals surface area contributed by atoms with Crippen LogP contribution in [0.4, 0.5) is 4.39 Å². The zero-order chi connectivity index (χ0) is 13.9. The Balaban J connectivity index is 1.77. The van der Waals surface area contributed by atoms with Gasteiger partial charge < -0.3 is 0 Å². The minimum atomic E-state index is -0.324. The average molecular weight is 289 g/mol. The standard InChI is InChI=1S/C14H10ClFN4/c15-13-6-5-9(19-20-13)7-10-8-17-14(18-10)11-3-1-2-4-12(11)16/h1-6,8,10H,7H2. The maximum atomic E-state index is 13.6. The summed E-state index contributed by atoms with van der Waals surface area (Å²) in [7, 11) is 0. The van der Waals surface area contributed by atoms with Crippen LogP contribution in [0, 0.1) is 5.82 Å². The fraction of sp³-hybridized carbons (Fsp3) is 0.143. The lowest BCUT2D eigenvalue weighted by Gasteiger charge is -2.03. The molecular weight excluding hydrogens is 279 g/mol. The Bertz CT molecular complexity index is 682. The van der Waals surface area contributed by atoms with Crippen LogP contribution in [-0.4, -0.2) is 28.3 Å². The highest BCUT2D eigenvalue weighted by Gasteiger charge is 2.17. The summed E-state index contributed by atoms with van der Waals surface area (Å²) in [6.07, 6.45) is 2.25. The first-order chi connectivity index (χ1) is 9.72. The topological polar surface area (TPSA) is 50.5 Å². The number of aliphatic imine (C=N–C) groups is 2. The molecule has 0 spiro atoms. The molecule has 0 amide bonds. The van der Waals surface area contributed by atoms with Crippen molar-refractivity contribution in [3.8, 4) is 0 Å². The summed E-state index contributed by atoms with van der Waals surface area (Å²) in [4.78, 5) is 8.56. The smallest absolute Gasteiger partial charge is 0.157 e. The van der Waals surface area contributed by atoms with Crippen molar-refractivity contribution < 1.29 is 4.39 Å². The molecular formula is C14H10ClFN4. The second-order valence-electron chi connectivity index (χ2n) is 4.33. The molecule has 20 heavy (non-hydrogen) atoms. The number of hydrogen-bond donors (Lipinski definition) is 0. The summed E-state index contributed by atoms with van der Waals surface area (Å²) in [5, 5.41) is 8.10. The van der Waals surface area contributed by atoms with E-state index in [0.29, 0.717) is 23.0 Å². The van der Waals surface area contributed by atoms with Crippen LogP contribution in [-0.2, 0) is 6.42 Å². The van der Waals surface area contributed by atoms with Gasteiger partial charge in [-0.3, -0.25) is 4.99 Å². The van der Waals surface area contributed by atoms with E-state index in [4.69, 9.17) is 11.6 Å². The molecule has 1 aliphatic rings. The molecule has 1 aromatic heterocycles. The second-order valence-corrected chi connectivity index (χ2v) is 4.72. The van der Waals surface area contributed by atoms with Crippen LogP contribution in [0.15, 0.2) is 46.4 Å². The predicted molar refractivity (Wildman–Crippen MR) is 76.0 cm³/mol. The third-order valence-corrected chi connectivity index (χ3v) is 3.08. The molecule has 0 N–H and O–H groups in total. The van der Waals surface area contributed by atoms with Crippen molar-refractivity contribution in [3.63, 3.8) is 0 Å². The maximum Gasteiger partial charge on any atom is 0.157 e. The Kier molecular flexibility index (Phi) is 3.52. The molecule has 0 bridgehead atoms. The number of amidine groups is 1. The number of aromatic nitrogens is 2. The summed E-state index contributed by atoms with van der Waals surface area (Å²) >= 11 is 5.68. The first-order valence-electron chi connectivity index (χ1n) is 6.07. The van der Waals surface area contributed by atoms with Gasteiger partial charge in [0.25, 0.3) is 0 Å². The normalized spacial score (nSPS) is 17.3. The molecule has 2 heterocycles. The van der Waals surface area contributed by atoms with Crippen molar-refractivity contribution >= 4 is 23.7 Å². The molecule has 3 rings (SSSR count). The Morgan fingerprint density at radius 1 is 1.10 bits per heavy atom. The molecule has 0 aliphatic carbocycles. The van der Waals surface area contributed by atoms with Gasteiger partial charge in [-0.1, -0.05) is 23.7 Å². The minimum Gasteiger partial charge on any atom is -0.257 e. The number of nitrogens with zero attached hydrogens (tertiary/aromatic N) is 4. The van der Waals surface area contributed by atoms with Crippen LogP contribution < -0.4 is 0 Å². The molecule has 6 heteroatoms. The van der Waals surface area contributed by atoms with Crippen molar-refractivity contribution in [2.45, 2.75) is 12.5 Å². The molecule has 2 aromatic rings. The highest BCUT2D eigenvalue weighted by atomic mass is 35.5. The first kappa shape index (κ1) is 12.9. The summed E-state index contributed by atoms with van der Waals surface area (Å²) in [6.45, 7) is 0. The lowest BCUT2D eigenvalue weighted by atomic mass is 10.2. The molecule has 0 radical (unpaired) electrons. The van der Waals surface area contributed by atoms with Crippen LogP contribution in [0.2, 0.25) is 5.15 Å². The lowest BCUT2D eigenvalue weighted by molar-refractivity contribution is 0.625. The molecule has 1 atom stereocenters. The number of rotatable bonds is 3. The SMILES string of the molecule is Fc1ccccc1C1=NC(Cc2ccc(Cl)nn2)C=N1. The first-order valence-corrected chi connectivity index (χ1v) is 6.45. The van der Waals surface area contributed by atoms with Crippen molar-refractivity contribution in [1.29, 1.82) is 0 Å². The largest absolute Gasteiger partial charge is 0.257 e. The van der Waals surface area contributed by atoms with Gasteiger partial charge in [0.2, 0.25) is 0 Å². The second kappa shape index (κ2) is 5.46. The highest BCUT2D eigenvalue weighted by Crippen LogP contribution is 2.15. The highest BCUT2D eigenvalue weighted by molar-refractivity contribution is 6.29. The Hall–Kier alpha value is -2.14. The summed E-state index contributed by atoms with van der Waals surface area (Å²) in [5.74, 6) is 0.0883.